The number of hydrogen-bond donors (Lipinski definition) is 1. The van der Waals surface area contributed by atoms with Gasteiger partial charge in [0, 0.05) is 19.2 Å². The molecular weight excluding hydrogens is 400 g/mol. The summed E-state index contributed by atoms with van der Waals surface area (Å²) in [7, 11) is 1.64. The molecule has 4 rings (SSSR count). The maximum Gasteiger partial charge on any atom is 0.254 e. The molecule has 2 aromatic carbocycles. The van der Waals surface area contributed by atoms with Gasteiger partial charge in [-0.25, -0.2) is 0 Å². The fraction of sp³-hybridized carbons (Fsp3) is 0.417. The lowest BCUT2D eigenvalue weighted by Gasteiger charge is -2.53. The van der Waals surface area contributed by atoms with E-state index in [-0.39, 0.29) is 11.8 Å². The molecule has 158 valence electrons. The van der Waals surface area contributed by atoms with Crippen molar-refractivity contribution in [3.8, 4) is 0 Å². The zero-order valence-electron chi connectivity index (χ0n) is 17.2. The minimum absolute atomic E-state index is 0.00802. The fourth-order valence-corrected chi connectivity index (χ4v) is 5.30. The van der Waals surface area contributed by atoms with Crippen LogP contribution in [0.4, 0.5) is 5.69 Å². The van der Waals surface area contributed by atoms with Gasteiger partial charge in [-0.2, -0.15) is 0 Å². The zero-order chi connectivity index (χ0) is 21.1. The molecule has 1 fully saturated rings. The van der Waals surface area contributed by atoms with Crippen LogP contribution in [0.3, 0.4) is 0 Å². The summed E-state index contributed by atoms with van der Waals surface area (Å²) < 4.78 is 5.31. The highest BCUT2D eigenvalue weighted by molar-refractivity contribution is 6.33. The number of nitrogens with one attached hydrogen (secondary N) is 1. The molecule has 2 aromatic rings. The quantitative estimate of drug-likeness (QED) is 0.742. The molecule has 1 saturated carbocycles. The Morgan fingerprint density at radius 1 is 1.13 bits per heavy atom. The average molecular weight is 427 g/mol. The van der Waals surface area contributed by atoms with Crippen molar-refractivity contribution < 1.29 is 14.3 Å². The third-order valence-electron chi connectivity index (χ3n) is 6.45. The summed E-state index contributed by atoms with van der Waals surface area (Å²) in [5.41, 5.74) is 1.45. The van der Waals surface area contributed by atoms with E-state index >= 15 is 0 Å². The number of ether oxygens (including phenoxy) is 1. The normalized spacial score (nSPS) is 20.1. The van der Waals surface area contributed by atoms with Crippen LogP contribution in [0.15, 0.2) is 48.5 Å². The fourth-order valence-electron chi connectivity index (χ4n) is 5.12. The Labute approximate surface area is 182 Å². The predicted molar refractivity (Wildman–Crippen MR) is 118 cm³/mol. The molecule has 2 aliphatic rings. The number of benzene rings is 2. The van der Waals surface area contributed by atoms with Crippen molar-refractivity contribution in [2.45, 2.75) is 43.6 Å². The van der Waals surface area contributed by atoms with Crippen LogP contribution >= 0.6 is 11.6 Å². The van der Waals surface area contributed by atoms with E-state index in [1.54, 1.807) is 19.2 Å². The Morgan fingerprint density at radius 2 is 1.83 bits per heavy atom. The van der Waals surface area contributed by atoms with Crippen LogP contribution in [0.25, 0.3) is 0 Å². The van der Waals surface area contributed by atoms with E-state index < -0.39 is 11.5 Å². The molecule has 2 amide bonds. The van der Waals surface area contributed by atoms with Crippen LogP contribution in [-0.4, -0.2) is 42.5 Å². The number of carbonyl (C=O) groups excluding carboxylic acids is 2. The maximum absolute atomic E-state index is 13.7. The highest BCUT2D eigenvalue weighted by atomic mass is 35.5. The SMILES string of the molecule is COCCN1C(=O)c2ccccc2[C@@H](C(=O)Nc2ccccc2Cl)C12CCCCC2. The van der Waals surface area contributed by atoms with Gasteiger partial charge in [0.15, 0.2) is 0 Å². The van der Waals surface area contributed by atoms with Crippen LogP contribution in [-0.2, 0) is 9.53 Å². The average Bonchev–Trinajstić information content (AvgIpc) is 2.76. The summed E-state index contributed by atoms with van der Waals surface area (Å²) in [5, 5.41) is 3.54. The summed E-state index contributed by atoms with van der Waals surface area (Å²) in [5.74, 6) is -0.585. The lowest BCUT2D eigenvalue weighted by molar-refractivity contribution is -0.122. The summed E-state index contributed by atoms with van der Waals surface area (Å²) in [6, 6.07) is 14.8. The molecule has 0 bridgehead atoms. The Hall–Kier alpha value is -2.37. The number of halogens is 1. The van der Waals surface area contributed by atoms with Crippen molar-refractivity contribution >= 4 is 29.1 Å². The van der Waals surface area contributed by atoms with Gasteiger partial charge >= 0.3 is 0 Å². The van der Waals surface area contributed by atoms with Crippen LogP contribution in [0, 0.1) is 0 Å². The smallest absolute Gasteiger partial charge is 0.254 e. The summed E-state index contributed by atoms with van der Waals surface area (Å²) in [6.07, 6.45) is 4.72. The molecule has 1 heterocycles. The lowest BCUT2D eigenvalue weighted by Crippen LogP contribution is -2.62. The van der Waals surface area contributed by atoms with Gasteiger partial charge in [-0.3, -0.25) is 9.59 Å². The molecule has 1 atom stereocenters. The maximum atomic E-state index is 13.7. The third-order valence-corrected chi connectivity index (χ3v) is 6.78. The Morgan fingerprint density at radius 3 is 2.57 bits per heavy atom. The predicted octanol–water partition coefficient (Wildman–Crippen LogP) is 4.87. The van der Waals surface area contributed by atoms with Gasteiger partial charge in [0.25, 0.3) is 5.91 Å². The summed E-state index contributed by atoms with van der Waals surface area (Å²) in [4.78, 5) is 29.1. The third kappa shape index (κ3) is 3.61. The van der Waals surface area contributed by atoms with Crippen molar-refractivity contribution in [1.29, 1.82) is 0 Å². The van der Waals surface area contributed by atoms with E-state index in [0.29, 0.717) is 29.4 Å². The number of nitrogens with zero attached hydrogens (tertiary/aromatic N) is 1. The molecule has 30 heavy (non-hydrogen) atoms. The Bertz CT molecular complexity index is 940. The van der Waals surface area contributed by atoms with Gasteiger partial charge in [0.1, 0.15) is 0 Å². The number of hydrogen-bond acceptors (Lipinski definition) is 3. The Balaban J connectivity index is 1.81. The van der Waals surface area contributed by atoms with E-state index in [1.165, 1.54) is 0 Å². The second-order valence-corrected chi connectivity index (χ2v) is 8.51. The molecule has 0 unspecified atom stereocenters. The van der Waals surface area contributed by atoms with Gasteiger partial charge in [-0.05, 0) is 36.6 Å². The number of rotatable bonds is 5. The van der Waals surface area contributed by atoms with Crippen LogP contribution in [0.5, 0.6) is 0 Å². The Kier molecular flexibility index (Phi) is 6.11. The first-order valence-electron chi connectivity index (χ1n) is 10.5. The number of amides is 2. The van der Waals surface area contributed by atoms with Crippen molar-refractivity contribution in [3.05, 3.63) is 64.7 Å². The molecule has 0 saturated heterocycles. The van der Waals surface area contributed by atoms with Crippen LogP contribution < -0.4 is 5.32 Å². The first-order chi connectivity index (χ1) is 14.6. The number of anilines is 1. The van der Waals surface area contributed by atoms with Crippen LogP contribution in [0.1, 0.15) is 53.9 Å². The van der Waals surface area contributed by atoms with Crippen molar-refractivity contribution in [2.24, 2.45) is 0 Å². The number of methoxy groups -OCH3 is 1. The monoisotopic (exact) mass is 426 g/mol. The second kappa shape index (κ2) is 8.78. The minimum atomic E-state index is -0.548. The van der Waals surface area contributed by atoms with E-state index in [1.807, 2.05) is 41.3 Å². The lowest BCUT2D eigenvalue weighted by atomic mass is 9.65. The summed E-state index contributed by atoms with van der Waals surface area (Å²) in [6.45, 7) is 0.911. The van der Waals surface area contributed by atoms with Crippen molar-refractivity contribution in [1.82, 2.24) is 4.90 Å². The largest absolute Gasteiger partial charge is 0.383 e. The van der Waals surface area contributed by atoms with Crippen LogP contribution in [0.2, 0.25) is 5.02 Å². The standard InChI is InChI=1S/C24H27ClN2O3/c1-30-16-15-27-23(29)18-10-4-3-9-17(18)21(24(27)13-7-2-8-14-24)22(28)26-20-12-6-5-11-19(20)25/h3-6,9-12,21H,2,7-8,13-16H2,1H3,(H,26,28)/t21-/m0/s1. The molecule has 1 aliphatic carbocycles. The summed E-state index contributed by atoms with van der Waals surface area (Å²) >= 11 is 6.31. The van der Waals surface area contributed by atoms with Gasteiger partial charge < -0.3 is 15.0 Å². The first kappa shape index (κ1) is 20.9. The number of fused-ring (bicyclic) bond motifs is 1. The highest BCUT2D eigenvalue weighted by Crippen LogP contribution is 2.49. The van der Waals surface area contributed by atoms with E-state index in [9.17, 15) is 9.59 Å². The molecule has 6 heteroatoms. The zero-order valence-corrected chi connectivity index (χ0v) is 18.0. The molecule has 1 N–H and O–H groups in total. The topological polar surface area (TPSA) is 58.6 Å². The molecule has 1 spiro atoms. The van der Waals surface area contributed by atoms with E-state index in [4.69, 9.17) is 16.3 Å². The van der Waals surface area contributed by atoms with Gasteiger partial charge in [0.05, 0.1) is 28.8 Å². The second-order valence-electron chi connectivity index (χ2n) is 8.10. The number of para-hydroxylation sites is 1. The number of carbonyl (C=O) groups is 2. The molecule has 5 nitrogen and oxygen atoms in total. The molecular formula is C24H27ClN2O3. The van der Waals surface area contributed by atoms with Gasteiger partial charge in [0.2, 0.25) is 5.91 Å². The minimum Gasteiger partial charge on any atom is -0.383 e. The van der Waals surface area contributed by atoms with Crippen molar-refractivity contribution in [3.63, 3.8) is 0 Å². The molecule has 1 aliphatic heterocycles. The highest BCUT2D eigenvalue weighted by Gasteiger charge is 2.54. The van der Waals surface area contributed by atoms with E-state index in [0.717, 1.165) is 37.7 Å². The van der Waals surface area contributed by atoms with E-state index in [2.05, 4.69) is 5.32 Å². The van der Waals surface area contributed by atoms with Gasteiger partial charge in [-0.15, -0.1) is 0 Å². The molecule has 0 aromatic heterocycles. The first-order valence-corrected chi connectivity index (χ1v) is 10.9. The molecule has 0 radical (unpaired) electrons. The van der Waals surface area contributed by atoms with Gasteiger partial charge in [-0.1, -0.05) is 61.2 Å². The van der Waals surface area contributed by atoms with Crippen molar-refractivity contribution in [2.75, 3.05) is 25.6 Å².